The van der Waals surface area contributed by atoms with E-state index in [1.54, 1.807) is 7.11 Å². The van der Waals surface area contributed by atoms with Crippen LogP contribution < -0.4 is 9.46 Å². The fraction of sp³-hybridized carbons (Fsp3) is 0.167. The lowest BCUT2D eigenvalue weighted by atomic mass is 10.1. The summed E-state index contributed by atoms with van der Waals surface area (Å²) in [6.45, 7) is 0.751. The second-order valence-corrected chi connectivity index (χ2v) is 5.81. The van der Waals surface area contributed by atoms with E-state index in [1.807, 2.05) is 42.8 Å². The lowest BCUT2D eigenvalue weighted by Gasteiger charge is -2.08. The molecule has 3 aromatic rings. The Bertz CT molecular complexity index is 825. The summed E-state index contributed by atoms with van der Waals surface area (Å²) in [7, 11) is 1.66. The normalized spacial score (nSPS) is 10.7. The predicted octanol–water partition coefficient (Wildman–Crippen LogP) is 3.71. The molecular weight excluding hydrogens is 308 g/mol. The van der Waals surface area contributed by atoms with Gasteiger partial charge >= 0.3 is 0 Å². The maximum absolute atomic E-state index is 12.0. The molecule has 4 nitrogen and oxygen atoms in total. The van der Waals surface area contributed by atoms with Crippen LogP contribution in [0.1, 0.15) is 15.9 Å². The molecule has 0 unspecified atom stereocenters. The van der Waals surface area contributed by atoms with Crippen LogP contribution in [0.15, 0.2) is 54.7 Å². The van der Waals surface area contributed by atoms with Crippen molar-refractivity contribution in [1.82, 2.24) is 9.29 Å². The van der Waals surface area contributed by atoms with E-state index in [9.17, 15) is 4.79 Å². The van der Waals surface area contributed by atoms with E-state index in [0.717, 1.165) is 23.2 Å². The Kier molecular flexibility index (Phi) is 4.57. The van der Waals surface area contributed by atoms with E-state index in [-0.39, 0.29) is 5.91 Å². The molecule has 1 N–H and O–H groups in total. The van der Waals surface area contributed by atoms with E-state index >= 15 is 0 Å². The molecule has 0 aliphatic carbocycles. The summed E-state index contributed by atoms with van der Waals surface area (Å²) in [6, 6.07) is 15.8. The monoisotopic (exact) mass is 326 g/mol. The Morgan fingerprint density at radius 3 is 2.65 bits per heavy atom. The smallest absolute Gasteiger partial charge is 0.261 e. The van der Waals surface area contributed by atoms with Crippen molar-refractivity contribution in [2.24, 2.45) is 0 Å². The third-order valence-electron chi connectivity index (χ3n) is 3.74. The second-order valence-electron chi connectivity index (χ2n) is 5.20. The summed E-state index contributed by atoms with van der Waals surface area (Å²) in [5.41, 5.74) is 2.90. The molecule has 0 atom stereocenters. The van der Waals surface area contributed by atoms with E-state index in [1.165, 1.54) is 17.5 Å². The van der Waals surface area contributed by atoms with Gasteiger partial charge in [0.05, 0.1) is 7.11 Å². The van der Waals surface area contributed by atoms with Gasteiger partial charge in [0.2, 0.25) is 0 Å². The Hall–Kier alpha value is -2.40. The van der Waals surface area contributed by atoms with E-state index in [0.29, 0.717) is 5.56 Å². The summed E-state index contributed by atoms with van der Waals surface area (Å²) in [6.07, 6.45) is 3.88. The van der Waals surface area contributed by atoms with Crippen molar-refractivity contribution >= 4 is 28.8 Å². The third kappa shape index (κ3) is 3.35. The van der Waals surface area contributed by atoms with Crippen LogP contribution in [0.4, 0.5) is 0 Å². The molecule has 3 rings (SSSR count). The number of rotatable bonds is 5. The highest BCUT2D eigenvalue weighted by Gasteiger charge is 2.08. The van der Waals surface area contributed by atoms with Crippen LogP contribution in [-0.4, -0.2) is 23.8 Å². The zero-order valence-electron chi connectivity index (χ0n) is 13.1. The zero-order chi connectivity index (χ0) is 16.2. The van der Waals surface area contributed by atoms with Crippen LogP contribution >= 0.6 is 11.9 Å². The lowest BCUT2D eigenvalue weighted by Crippen LogP contribution is -2.15. The van der Waals surface area contributed by atoms with Gasteiger partial charge < -0.3 is 9.30 Å². The summed E-state index contributed by atoms with van der Waals surface area (Å²) in [4.78, 5) is 12.0. The van der Waals surface area contributed by atoms with Crippen LogP contribution in [-0.2, 0) is 6.54 Å². The number of methoxy groups -OCH3 is 1. The minimum Gasteiger partial charge on any atom is -0.497 e. The molecule has 0 saturated heterocycles. The summed E-state index contributed by atoms with van der Waals surface area (Å²) in [5, 5.41) is 1.12. The molecule has 5 heteroatoms. The van der Waals surface area contributed by atoms with Gasteiger partial charge in [0, 0.05) is 30.1 Å². The van der Waals surface area contributed by atoms with Crippen molar-refractivity contribution in [2.45, 2.75) is 6.54 Å². The highest BCUT2D eigenvalue weighted by Crippen LogP contribution is 2.20. The van der Waals surface area contributed by atoms with E-state index in [2.05, 4.69) is 27.5 Å². The van der Waals surface area contributed by atoms with Crippen LogP contribution in [0.2, 0.25) is 0 Å². The maximum atomic E-state index is 12.0. The number of carbonyl (C=O) groups is 1. The maximum Gasteiger partial charge on any atom is 0.261 e. The first-order chi connectivity index (χ1) is 11.2. The van der Waals surface area contributed by atoms with Crippen molar-refractivity contribution in [3.8, 4) is 5.75 Å². The molecule has 0 saturated carbocycles. The topological polar surface area (TPSA) is 43.3 Å². The largest absolute Gasteiger partial charge is 0.497 e. The highest BCUT2D eigenvalue weighted by molar-refractivity contribution is 7.97. The average Bonchev–Trinajstić information content (AvgIpc) is 2.98. The van der Waals surface area contributed by atoms with E-state index < -0.39 is 0 Å². The minimum atomic E-state index is -0.0726. The standard InChI is InChI=1S/C18H18N2O2S/c1-22-16-7-3-13(4-8-16)12-20-10-9-14-5-6-15(11-17(14)20)18(21)19-23-2/h3-11H,12H2,1-2H3,(H,19,21). The van der Waals surface area contributed by atoms with Gasteiger partial charge in [-0.25, -0.2) is 0 Å². The number of benzene rings is 2. The fourth-order valence-corrected chi connectivity index (χ4v) is 2.85. The molecule has 2 aromatic carbocycles. The second kappa shape index (κ2) is 6.79. The molecule has 0 aliphatic heterocycles. The van der Waals surface area contributed by atoms with Gasteiger partial charge in [0.1, 0.15) is 5.75 Å². The number of aromatic nitrogens is 1. The molecule has 1 aromatic heterocycles. The first-order valence-corrected chi connectivity index (χ1v) is 8.49. The minimum absolute atomic E-state index is 0.0726. The van der Waals surface area contributed by atoms with Crippen LogP contribution in [0.25, 0.3) is 10.9 Å². The molecular formula is C18H18N2O2S. The first-order valence-electron chi connectivity index (χ1n) is 7.26. The Morgan fingerprint density at radius 1 is 1.17 bits per heavy atom. The number of nitrogens with zero attached hydrogens (tertiary/aromatic N) is 1. The molecule has 1 heterocycles. The van der Waals surface area contributed by atoms with Gasteiger partial charge in [-0.15, -0.1) is 0 Å². The molecule has 1 amide bonds. The number of carbonyl (C=O) groups excluding carboxylic acids is 1. The van der Waals surface area contributed by atoms with Crippen molar-refractivity contribution in [3.63, 3.8) is 0 Å². The molecule has 0 aliphatic rings. The Balaban J connectivity index is 1.90. The number of fused-ring (bicyclic) bond motifs is 1. The molecule has 23 heavy (non-hydrogen) atoms. The Labute approximate surface area is 139 Å². The van der Waals surface area contributed by atoms with Gasteiger partial charge in [-0.1, -0.05) is 30.1 Å². The van der Waals surface area contributed by atoms with Gasteiger partial charge in [-0.2, -0.15) is 0 Å². The number of hydrogen-bond donors (Lipinski definition) is 1. The van der Waals surface area contributed by atoms with Crippen molar-refractivity contribution < 1.29 is 9.53 Å². The lowest BCUT2D eigenvalue weighted by molar-refractivity contribution is 0.0984. The fourth-order valence-electron chi connectivity index (χ4n) is 2.54. The SMILES string of the molecule is COc1ccc(Cn2ccc3ccc(C(=O)NSC)cc32)cc1. The Morgan fingerprint density at radius 2 is 1.96 bits per heavy atom. The number of hydrogen-bond acceptors (Lipinski definition) is 3. The molecule has 0 fully saturated rings. The van der Waals surface area contributed by atoms with Crippen LogP contribution in [0.3, 0.4) is 0 Å². The molecule has 0 spiro atoms. The average molecular weight is 326 g/mol. The highest BCUT2D eigenvalue weighted by atomic mass is 32.2. The molecule has 0 bridgehead atoms. The zero-order valence-corrected chi connectivity index (χ0v) is 13.9. The van der Waals surface area contributed by atoms with Gasteiger partial charge in [-0.05, 0) is 41.3 Å². The van der Waals surface area contributed by atoms with Crippen LogP contribution in [0, 0.1) is 0 Å². The van der Waals surface area contributed by atoms with Crippen molar-refractivity contribution in [2.75, 3.05) is 13.4 Å². The predicted molar refractivity (Wildman–Crippen MR) is 95.0 cm³/mol. The van der Waals surface area contributed by atoms with Crippen LogP contribution in [0.5, 0.6) is 5.75 Å². The number of ether oxygens (including phenoxy) is 1. The van der Waals surface area contributed by atoms with Gasteiger partial charge in [-0.3, -0.25) is 9.52 Å². The van der Waals surface area contributed by atoms with Crippen molar-refractivity contribution in [3.05, 3.63) is 65.9 Å². The first kappa shape index (κ1) is 15.5. The number of amides is 1. The number of nitrogens with one attached hydrogen (secondary N) is 1. The summed E-state index contributed by atoms with van der Waals surface area (Å²) in [5.74, 6) is 0.777. The van der Waals surface area contributed by atoms with Gasteiger partial charge in [0.15, 0.2) is 0 Å². The van der Waals surface area contributed by atoms with Gasteiger partial charge in [0.25, 0.3) is 5.91 Å². The quantitative estimate of drug-likeness (QED) is 0.727. The summed E-state index contributed by atoms with van der Waals surface area (Å²) >= 11 is 1.30. The molecule has 0 radical (unpaired) electrons. The van der Waals surface area contributed by atoms with Crippen molar-refractivity contribution in [1.29, 1.82) is 0 Å². The van der Waals surface area contributed by atoms with E-state index in [4.69, 9.17) is 4.74 Å². The molecule has 118 valence electrons. The third-order valence-corrected chi connectivity index (χ3v) is 4.13. The summed E-state index contributed by atoms with van der Waals surface area (Å²) < 4.78 is 10.1.